The maximum atomic E-state index is 13.3. The van der Waals surface area contributed by atoms with Crippen LogP contribution >= 0.6 is 24.0 Å². The molecule has 0 saturated carbocycles. The van der Waals surface area contributed by atoms with Gasteiger partial charge in [0.15, 0.2) is 0 Å². The molecule has 0 radical (unpaired) electrons. The molecule has 1 amide bonds. The Morgan fingerprint density at radius 3 is 3.00 bits per heavy atom. The van der Waals surface area contributed by atoms with Gasteiger partial charge in [-0.3, -0.25) is 18.9 Å². The maximum Gasteiger partial charge on any atom is 0.267 e. The number of rotatable bonds is 8. The molecule has 0 aromatic carbocycles. The van der Waals surface area contributed by atoms with E-state index in [0.717, 1.165) is 25.8 Å². The summed E-state index contributed by atoms with van der Waals surface area (Å²) in [7, 11) is 0. The molecule has 5 heterocycles. The molecule has 9 nitrogen and oxygen atoms in total. The molecule has 2 aliphatic rings. The molecule has 2 saturated heterocycles. The largest absolute Gasteiger partial charge is 0.376 e. The molecule has 2 fully saturated rings. The Morgan fingerprint density at radius 1 is 1.29 bits per heavy atom. The van der Waals surface area contributed by atoms with Gasteiger partial charge in [0.1, 0.15) is 15.8 Å². The number of nitrogens with one attached hydrogen (secondary N) is 1. The molecule has 176 valence electrons. The smallest absolute Gasteiger partial charge is 0.267 e. The molecule has 2 aliphatic heterocycles. The Labute approximate surface area is 205 Å². The lowest BCUT2D eigenvalue weighted by Crippen LogP contribution is -2.35. The first-order valence-electron chi connectivity index (χ1n) is 11.2. The quantitative estimate of drug-likeness (QED) is 0.289. The first-order valence-corrected chi connectivity index (χ1v) is 12.4. The number of anilines is 1. The van der Waals surface area contributed by atoms with Gasteiger partial charge in [-0.05, 0) is 37.5 Å². The van der Waals surface area contributed by atoms with E-state index in [9.17, 15) is 9.59 Å². The molecule has 1 unspecified atom stereocenters. The van der Waals surface area contributed by atoms with Crippen molar-refractivity contribution in [2.75, 3.05) is 25.0 Å². The Bertz CT molecular complexity index is 1300. The van der Waals surface area contributed by atoms with E-state index in [-0.39, 0.29) is 17.6 Å². The van der Waals surface area contributed by atoms with Crippen molar-refractivity contribution in [1.82, 2.24) is 23.8 Å². The highest BCUT2D eigenvalue weighted by Gasteiger charge is 2.35. The summed E-state index contributed by atoms with van der Waals surface area (Å²) in [6.45, 7) is 2.55. The first kappa shape index (κ1) is 22.8. The van der Waals surface area contributed by atoms with Crippen LogP contribution < -0.4 is 10.9 Å². The van der Waals surface area contributed by atoms with Gasteiger partial charge in [-0.25, -0.2) is 9.97 Å². The Balaban J connectivity index is 1.41. The summed E-state index contributed by atoms with van der Waals surface area (Å²) in [4.78, 5) is 37.2. The van der Waals surface area contributed by atoms with E-state index < -0.39 is 0 Å². The minimum atomic E-state index is -0.243. The number of nitrogens with zero attached hydrogens (tertiary/aromatic N) is 5. The normalized spacial score (nSPS) is 19.6. The fraction of sp³-hybridized carbons (Fsp3) is 0.348. The lowest BCUT2D eigenvalue weighted by atomic mass is 10.2. The van der Waals surface area contributed by atoms with Crippen molar-refractivity contribution in [3.05, 3.63) is 63.9 Å². The van der Waals surface area contributed by atoms with Crippen LogP contribution in [0, 0.1) is 0 Å². The van der Waals surface area contributed by atoms with Crippen molar-refractivity contribution in [1.29, 1.82) is 0 Å². The lowest BCUT2D eigenvalue weighted by Gasteiger charge is -2.18. The topological polar surface area (TPSA) is 93.8 Å². The minimum absolute atomic E-state index is 0.00235. The van der Waals surface area contributed by atoms with Gasteiger partial charge in [0.05, 0.1) is 29.4 Å². The van der Waals surface area contributed by atoms with Crippen LogP contribution in [0.25, 0.3) is 11.7 Å². The SMILES string of the molecule is O=C1/C(=C/c2c(NCCCn3ccnc3)nc3ccccn3c2=O)SC(=S)N1CC1CCCO1. The van der Waals surface area contributed by atoms with Crippen molar-refractivity contribution in [2.45, 2.75) is 31.9 Å². The number of amides is 1. The molecule has 3 aromatic rings. The van der Waals surface area contributed by atoms with Crippen LogP contribution in [0.2, 0.25) is 0 Å². The molecule has 11 heteroatoms. The van der Waals surface area contributed by atoms with Gasteiger partial charge in [0, 0.05) is 38.3 Å². The summed E-state index contributed by atoms with van der Waals surface area (Å²) in [6.07, 6.45) is 11.4. The number of hydrogen-bond acceptors (Lipinski definition) is 8. The number of ether oxygens (including phenoxy) is 1. The summed E-state index contributed by atoms with van der Waals surface area (Å²) >= 11 is 6.67. The summed E-state index contributed by atoms with van der Waals surface area (Å²) < 4.78 is 9.63. The van der Waals surface area contributed by atoms with Crippen molar-refractivity contribution in [3.63, 3.8) is 0 Å². The monoisotopic (exact) mass is 496 g/mol. The number of fused-ring (bicyclic) bond motifs is 1. The molecule has 1 atom stereocenters. The molecule has 0 aliphatic carbocycles. The van der Waals surface area contributed by atoms with Crippen LogP contribution in [0.15, 0.2) is 52.8 Å². The number of carbonyl (C=O) groups is 1. The Hall–Kier alpha value is -3.02. The number of thioether (sulfide) groups is 1. The van der Waals surface area contributed by atoms with Crippen molar-refractivity contribution < 1.29 is 9.53 Å². The maximum absolute atomic E-state index is 13.3. The van der Waals surface area contributed by atoms with Crippen molar-refractivity contribution in [3.8, 4) is 0 Å². The molecule has 1 N–H and O–H groups in total. The molecule has 5 rings (SSSR count). The fourth-order valence-electron chi connectivity index (χ4n) is 4.04. The van der Waals surface area contributed by atoms with Crippen LogP contribution in [-0.4, -0.2) is 59.9 Å². The van der Waals surface area contributed by atoms with Gasteiger partial charge in [-0.15, -0.1) is 0 Å². The standard InChI is InChI=1S/C23H24N6O3S2/c30-21-17(13-18-22(31)29(23(33)34-18)14-16-5-3-12-32-16)20(26-19-6-1-2-10-28(19)21)25-7-4-9-27-11-8-24-15-27/h1-2,6,8,10-11,13,15-16,25H,3-5,7,9,12,14H2/b18-13-. The lowest BCUT2D eigenvalue weighted by molar-refractivity contribution is -0.123. The third kappa shape index (κ3) is 4.77. The highest BCUT2D eigenvalue weighted by molar-refractivity contribution is 8.26. The van der Waals surface area contributed by atoms with Crippen LogP contribution in [0.5, 0.6) is 0 Å². The van der Waals surface area contributed by atoms with E-state index in [1.54, 1.807) is 41.8 Å². The number of carbonyl (C=O) groups excluding carboxylic acids is 1. The number of imidazole rings is 1. The highest BCUT2D eigenvalue weighted by Crippen LogP contribution is 2.34. The molecular weight excluding hydrogens is 472 g/mol. The van der Waals surface area contributed by atoms with Gasteiger partial charge >= 0.3 is 0 Å². The van der Waals surface area contributed by atoms with E-state index in [1.807, 2.05) is 16.8 Å². The molecule has 3 aromatic heterocycles. The average Bonchev–Trinajstić information content (AvgIpc) is 3.59. The van der Waals surface area contributed by atoms with E-state index in [2.05, 4.69) is 15.3 Å². The van der Waals surface area contributed by atoms with Crippen LogP contribution in [-0.2, 0) is 16.1 Å². The summed E-state index contributed by atoms with van der Waals surface area (Å²) in [6, 6.07) is 5.39. The third-order valence-corrected chi connectivity index (χ3v) is 7.15. The molecule has 0 bridgehead atoms. The molecule has 0 spiro atoms. The van der Waals surface area contributed by atoms with Crippen LogP contribution in [0.4, 0.5) is 5.82 Å². The van der Waals surface area contributed by atoms with Gasteiger partial charge < -0.3 is 14.6 Å². The second kappa shape index (κ2) is 10.1. The minimum Gasteiger partial charge on any atom is -0.376 e. The number of aromatic nitrogens is 4. The number of aryl methyl sites for hydroxylation is 1. The zero-order valence-corrected chi connectivity index (χ0v) is 20.1. The summed E-state index contributed by atoms with van der Waals surface area (Å²) in [5.74, 6) is 0.250. The zero-order valence-electron chi connectivity index (χ0n) is 18.4. The number of hydrogen-bond donors (Lipinski definition) is 1. The van der Waals surface area contributed by atoms with Crippen molar-refractivity contribution in [2.24, 2.45) is 0 Å². The highest BCUT2D eigenvalue weighted by atomic mass is 32.2. The number of pyridine rings is 1. The zero-order chi connectivity index (χ0) is 23.5. The van der Waals surface area contributed by atoms with Gasteiger partial charge in [0.25, 0.3) is 11.5 Å². The van der Waals surface area contributed by atoms with E-state index >= 15 is 0 Å². The Kier molecular flexibility index (Phi) is 6.75. The van der Waals surface area contributed by atoms with E-state index in [1.165, 1.54) is 16.2 Å². The van der Waals surface area contributed by atoms with E-state index in [4.69, 9.17) is 17.0 Å². The third-order valence-electron chi connectivity index (χ3n) is 5.77. The summed E-state index contributed by atoms with van der Waals surface area (Å²) in [5, 5.41) is 3.29. The van der Waals surface area contributed by atoms with Crippen molar-refractivity contribution >= 4 is 51.7 Å². The van der Waals surface area contributed by atoms with Crippen LogP contribution in [0.3, 0.4) is 0 Å². The first-order chi connectivity index (χ1) is 16.6. The van der Waals surface area contributed by atoms with Crippen LogP contribution in [0.1, 0.15) is 24.8 Å². The fourth-order valence-corrected chi connectivity index (χ4v) is 5.29. The number of thiocarbonyl (C=S) groups is 1. The molecule has 34 heavy (non-hydrogen) atoms. The van der Waals surface area contributed by atoms with Gasteiger partial charge in [-0.1, -0.05) is 30.0 Å². The van der Waals surface area contributed by atoms with Gasteiger partial charge in [0.2, 0.25) is 0 Å². The second-order valence-corrected chi connectivity index (χ2v) is 9.79. The summed E-state index contributed by atoms with van der Waals surface area (Å²) in [5.41, 5.74) is 0.628. The molecular formula is C23H24N6O3S2. The second-order valence-electron chi connectivity index (χ2n) is 8.12. The average molecular weight is 497 g/mol. The predicted molar refractivity (Wildman–Crippen MR) is 136 cm³/mol. The predicted octanol–water partition coefficient (Wildman–Crippen LogP) is 2.77. The van der Waals surface area contributed by atoms with E-state index in [0.29, 0.717) is 46.0 Å². The van der Waals surface area contributed by atoms with Gasteiger partial charge in [-0.2, -0.15) is 0 Å². The Morgan fingerprint density at radius 2 is 2.21 bits per heavy atom.